The van der Waals surface area contributed by atoms with Gasteiger partial charge in [-0.05, 0) is 66.8 Å². The highest BCUT2D eigenvalue weighted by Crippen LogP contribution is 2.26. The van der Waals surface area contributed by atoms with Crippen LogP contribution in [0.4, 0.5) is 4.39 Å². The van der Waals surface area contributed by atoms with Gasteiger partial charge in [0.1, 0.15) is 11.6 Å². The third kappa shape index (κ3) is 5.41. The third-order valence-corrected chi connectivity index (χ3v) is 6.05. The number of piperazine rings is 1. The molecule has 1 saturated heterocycles. The number of nitrogens with zero attached hydrogens (tertiary/aromatic N) is 1. The van der Waals surface area contributed by atoms with Gasteiger partial charge in [-0.15, -0.1) is 0 Å². The van der Waals surface area contributed by atoms with E-state index in [1.54, 1.807) is 13.2 Å². The van der Waals surface area contributed by atoms with Crippen LogP contribution in [0.15, 0.2) is 30.3 Å². The maximum absolute atomic E-state index is 13.5. The monoisotopic (exact) mass is 427 g/mol. The number of ether oxygens (including phenoxy) is 1. The number of hydrogen-bond donors (Lipinski definition) is 2. The number of rotatable bonds is 7. The van der Waals surface area contributed by atoms with Crippen molar-refractivity contribution in [2.45, 2.75) is 46.3 Å². The van der Waals surface area contributed by atoms with Gasteiger partial charge in [0.05, 0.1) is 19.6 Å². The molecule has 1 heterocycles. The molecule has 0 aliphatic carbocycles. The Morgan fingerprint density at radius 3 is 2.71 bits per heavy atom. The highest BCUT2D eigenvalue weighted by Gasteiger charge is 2.32. The largest absolute Gasteiger partial charge is 0.496 e. The van der Waals surface area contributed by atoms with Crippen molar-refractivity contribution in [3.8, 4) is 5.75 Å². The van der Waals surface area contributed by atoms with Gasteiger partial charge in [-0.1, -0.05) is 12.1 Å². The highest BCUT2D eigenvalue weighted by atomic mass is 19.1. The van der Waals surface area contributed by atoms with E-state index in [1.165, 1.54) is 12.1 Å². The zero-order valence-electron chi connectivity index (χ0n) is 18.5. The van der Waals surface area contributed by atoms with Gasteiger partial charge >= 0.3 is 0 Å². The molecule has 0 bridgehead atoms. The predicted molar refractivity (Wildman–Crippen MR) is 117 cm³/mol. The first-order valence-corrected chi connectivity index (χ1v) is 10.5. The highest BCUT2D eigenvalue weighted by molar-refractivity contribution is 5.88. The summed E-state index contributed by atoms with van der Waals surface area (Å²) in [4.78, 5) is 27.2. The zero-order valence-corrected chi connectivity index (χ0v) is 18.5. The molecule has 0 unspecified atom stereocenters. The number of carbonyl (C=O) groups is 2. The Hall–Kier alpha value is -2.93. The molecule has 0 aromatic heterocycles. The van der Waals surface area contributed by atoms with Crippen molar-refractivity contribution in [2.75, 3.05) is 20.2 Å². The van der Waals surface area contributed by atoms with Crippen molar-refractivity contribution in [3.05, 3.63) is 64.0 Å². The summed E-state index contributed by atoms with van der Waals surface area (Å²) in [6, 6.07) is 7.90. The van der Waals surface area contributed by atoms with E-state index in [-0.39, 0.29) is 30.6 Å². The molecule has 1 aliphatic rings. The Morgan fingerprint density at radius 1 is 1.19 bits per heavy atom. The minimum atomic E-state index is -0.552. The van der Waals surface area contributed by atoms with Gasteiger partial charge in [0.25, 0.3) is 0 Å². The zero-order chi connectivity index (χ0) is 22.5. The summed E-state index contributed by atoms with van der Waals surface area (Å²) >= 11 is 0. The van der Waals surface area contributed by atoms with Crippen LogP contribution in [0.3, 0.4) is 0 Å². The van der Waals surface area contributed by atoms with E-state index >= 15 is 0 Å². The first-order chi connectivity index (χ1) is 14.8. The Bertz CT molecular complexity index is 977. The molecular weight excluding hydrogens is 397 g/mol. The van der Waals surface area contributed by atoms with E-state index in [0.717, 1.165) is 33.6 Å². The van der Waals surface area contributed by atoms with Crippen LogP contribution < -0.4 is 15.4 Å². The average Bonchev–Trinajstić information content (AvgIpc) is 2.74. The Kier molecular flexibility index (Phi) is 7.28. The van der Waals surface area contributed by atoms with Gasteiger partial charge in [0, 0.05) is 26.2 Å². The van der Waals surface area contributed by atoms with Crippen molar-refractivity contribution >= 4 is 11.8 Å². The van der Waals surface area contributed by atoms with Crippen LogP contribution >= 0.6 is 0 Å². The first kappa shape index (κ1) is 22.7. The molecule has 2 N–H and O–H groups in total. The van der Waals surface area contributed by atoms with Crippen LogP contribution in [-0.4, -0.2) is 43.0 Å². The van der Waals surface area contributed by atoms with Crippen molar-refractivity contribution in [2.24, 2.45) is 0 Å². The number of hydrogen-bond acceptors (Lipinski definition) is 4. The molecule has 31 heavy (non-hydrogen) atoms. The second kappa shape index (κ2) is 9.92. The molecule has 6 nitrogen and oxygen atoms in total. The Labute approximate surface area is 182 Å². The maximum atomic E-state index is 13.5. The fourth-order valence-corrected chi connectivity index (χ4v) is 3.91. The summed E-state index contributed by atoms with van der Waals surface area (Å²) in [6.07, 6.45) is 0.0500. The van der Waals surface area contributed by atoms with Crippen LogP contribution in [-0.2, 0) is 22.7 Å². The SMILES string of the molecule is COc1ccc(CN2CCNC(=O)[C@H]2CC(=O)NCc2cc(F)ccc2C)c(C)c1C. The number of amides is 2. The number of halogens is 1. The van der Waals surface area contributed by atoms with E-state index in [0.29, 0.717) is 19.6 Å². The summed E-state index contributed by atoms with van der Waals surface area (Å²) in [5, 5.41) is 5.68. The standard InChI is InChI=1S/C24H30FN3O3/c1-15-5-7-20(25)11-19(15)13-27-23(29)12-21-24(30)26-9-10-28(21)14-18-6-8-22(31-4)17(3)16(18)2/h5-8,11,21H,9-10,12-14H2,1-4H3,(H,26,30)(H,27,29)/t21-/m1/s1. The molecule has 1 aliphatic heterocycles. The lowest BCUT2D eigenvalue weighted by molar-refractivity contribution is -0.134. The molecule has 1 fully saturated rings. The lowest BCUT2D eigenvalue weighted by atomic mass is 10.00. The van der Waals surface area contributed by atoms with Crippen molar-refractivity contribution in [1.82, 2.24) is 15.5 Å². The number of benzene rings is 2. The lowest BCUT2D eigenvalue weighted by Crippen LogP contribution is -2.56. The van der Waals surface area contributed by atoms with Crippen LogP contribution in [0.5, 0.6) is 5.75 Å². The minimum Gasteiger partial charge on any atom is -0.496 e. The molecule has 7 heteroatoms. The molecule has 0 radical (unpaired) electrons. The van der Waals surface area contributed by atoms with E-state index in [2.05, 4.69) is 10.6 Å². The number of carbonyl (C=O) groups excluding carboxylic acids is 2. The molecule has 0 saturated carbocycles. The number of nitrogens with one attached hydrogen (secondary N) is 2. The molecule has 166 valence electrons. The van der Waals surface area contributed by atoms with Crippen molar-refractivity contribution in [1.29, 1.82) is 0 Å². The van der Waals surface area contributed by atoms with Gasteiger partial charge in [-0.25, -0.2) is 4.39 Å². The lowest BCUT2D eigenvalue weighted by Gasteiger charge is -2.35. The first-order valence-electron chi connectivity index (χ1n) is 10.5. The second-order valence-corrected chi connectivity index (χ2v) is 8.01. The summed E-state index contributed by atoms with van der Waals surface area (Å²) in [6.45, 7) is 7.94. The van der Waals surface area contributed by atoms with Crippen LogP contribution in [0.2, 0.25) is 0 Å². The normalized spacial score (nSPS) is 16.7. The molecular formula is C24H30FN3O3. The summed E-state index contributed by atoms with van der Waals surface area (Å²) in [5.41, 5.74) is 4.93. The third-order valence-electron chi connectivity index (χ3n) is 6.05. The van der Waals surface area contributed by atoms with Gasteiger partial charge in [0.2, 0.25) is 11.8 Å². The van der Waals surface area contributed by atoms with Gasteiger partial charge in [-0.2, -0.15) is 0 Å². The minimum absolute atomic E-state index is 0.0500. The smallest absolute Gasteiger partial charge is 0.237 e. The summed E-state index contributed by atoms with van der Waals surface area (Å²) in [5.74, 6) is 0.114. The van der Waals surface area contributed by atoms with E-state index < -0.39 is 6.04 Å². The van der Waals surface area contributed by atoms with Crippen molar-refractivity contribution in [3.63, 3.8) is 0 Å². The predicted octanol–water partition coefficient (Wildman–Crippen LogP) is 2.77. The van der Waals surface area contributed by atoms with Gasteiger partial charge in [-0.3, -0.25) is 14.5 Å². The number of aryl methyl sites for hydroxylation is 1. The topological polar surface area (TPSA) is 70.7 Å². The maximum Gasteiger partial charge on any atom is 0.237 e. The van der Waals surface area contributed by atoms with Gasteiger partial charge in [0.15, 0.2) is 0 Å². The summed E-state index contributed by atoms with van der Waals surface area (Å²) < 4.78 is 18.9. The van der Waals surface area contributed by atoms with E-state index in [1.807, 2.05) is 37.8 Å². The van der Waals surface area contributed by atoms with Crippen LogP contribution in [0.25, 0.3) is 0 Å². The van der Waals surface area contributed by atoms with E-state index in [4.69, 9.17) is 4.74 Å². The fourth-order valence-electron chi connectivity index (χ4n) is 3.91. The average molecular weight is 428 g/mol. The summed E-state index contributed by atoms with van der Waals surface area (Å²) in [7, 11) is 1.65. The van der Waals surface area contributed by atoms with Crippen LogP contribution in [0, 0.1) is 26.6 Å². The molecule has 2 aromatic rings. The number of methoxy groups -OCH3 is 1. The molecule has 2 amide bonds. The molecule has 3 rings (SSSR count). The van der Waals surface area contributed by atoms with Crippen LogP contribution in [0.1, 0.15) is 34.2 Å². The fraction of sp³-hybridized carbons (Fsp3) is 0.417. The molecule has 2 aromatic carbocycles. The quantitative estimate of drug-likeness (QED) is 0.713. The molecule has 1 atom stereocenters. The van der Waals surface area contributed by atoms with Gasteiger partial charge < -0.3 is 15.4 Å². The Morgan fingerprint density at radius 2 is 1.97 bits per heavy atom. The van der Waals surface area contributed by atoms with Crippen molar-refractivity contribution < 1.29 is 18.7 Å². The Balaban J connectivity index is 1.68. The van der Waals surface area contributed by atoms with E-state index in [9.17, 15) is 14.0 Å². The molecule has 0 spiro atoms. The second-order valence-electron chi connectivity index (χ2n) is 8.01.